The first kappa shape index (κ1) is 19.5. The number of rotatable bonds is 6. The van der Waals surface area contributed by atoms with E-state index in [1.54, 1.807) is 4.90 Å². The molecule has 2 heterocycles. The average Bonchev–Trinajstić information content (AvgIpc) is 3.16. The number of nitrogens with zero attached hydrogens (tertiary/aromatic N) is 5. The molecule has 0 saturated carbocycles. The molecule has 1 fully saturated rings. The molecule has 0 spiro atoms. The SMILES string of the molecule is CCN(CC)C(=O)c1cn(C2CCN(Cc3ccc(C)cc3C)CC2)nn1. The number of likely N-dealkylation sites (tertiary alicyclic amines) is 1. The van der Waals surface area contributed by atoms with Crippen LogP contribution in [0.3, 0.4) is 0 Å². The van der Waals surface area contributed by atoms with Crippen molar-refractivity contribution in [1.29, 1.82) is 0 Å². The fourth-order valence-electron chi connectivity index (χ4n) is 3.83. The predicted octanol–water partition coefficient (Wildman–Crippen LogP) is 3.21. The van der Waals surface area contributed by atoms with E-state index in [9.17, 15) is 4.79 Å². The number of carbonyl (C=O) groups excluding carboxylic acids is 1. The fourth-order valence-corrected chi connectivity index (χ4v) is 3.83. The van der Waals surface area contributed by atoms with Gasteiger partial charge in [-0.15, -0.1) is 5.10 Å². The Balaban J connectivity index is 1.57. The van der Waals surface area contributed by atoms with Gasteiger partial charge < -0.3 is 4.90 Å². The lowest BCUT2D eigenvalue weighted by Crippen LogP contribution is -2.34. The summed E-state index contributed by atoms with van der Waals surface area (Å²) in [7, 11) is 0. The molecule has 1 aromatic heterocycles. The van der Waals surface area contributed by atoms with Crippen molar-refractivity contribution in [3.8, 4) is 0 Å². The maximum absolute atomic E-state index is 12.4. The molecule has 0 N–H and O–H groups in total. The molecule has 0 atom stereocenters. The van der Waals surface area contributed by atoms with Crippen LogP contribution in [0.5, 0.6) is 0 Å². The highest BCUT2D eigenvalue weighted by molar-refractivity contribution is 5.91. The van der Waals surface area contributed by atoms with Gasteiger partial charge in [0, 0.05) is 32.7 Å². The first-order chi connectivity index (χ1) is 13.0. The number of piperidine rings is 1. The first-order valence-corrected chi connectivity index (χ1v) is 10.0. The number of aryl methyl sites for hydroxylation is 2. The summed E-state index contributed by atoms with van der Waals surface area (Å²) in [5.41, 5.74) is 4.55. The largest absolute Gasteiger partial charge is 0.338 e. The van der Waals surface area contributed by atoms with Crippen molar-refractivity contribution in [1.82, 2.24) is 24.8 Å². The summed E-state index contributed by atoms with van der Waals surface area (Å²) in [6.45, 7) is 12.8. The molecule has 3 rings (SSSR count). The number of hydrogen-bond donors (Lipinski definition) is 0. The molecule has 6 heteroatoms. The Morgan fingerprint density at radius 3 is 2.52 bits per heavy atom. The Hall–Kier alpha value is -2.21. The van der Waals surface area contributed by atoms with Crippen LogP contribution in [0.4, 0.5) is 0 Å². The van der Waals surface area contributed by atoms with Crippen molar-refractivity contribution >= 4 is 5.91 Å². The van der Waals surface area contributed by atoms with Crippen LogP contribution in [-0.4, -0.2) is 56.9 Å². The molecule has 0 aliphatic carbocycles. The highest BCUT2D eigenvalue weighted by atomic mass is 16.2. The van der Waals surface area contributed by atoms with Crippen LogP contribution >= 0.6 is 0 Å². The summed E-state index contributed by atoms with van der Waals surface area (Å²) < 4.78 is 1.89. The van der Waals surface area contributed by atoms with Gasteiger partial charge >= 0.3 is 0 Å². The molecule has 27 heavy (non-hydrogen) atoms. The lowest BCUT2D eigenvalue weighted by molar-refractivity contribution is 0.0767. The van der Waals surface area contributed by atoms with Crippen molar-refractivity contribution in [3.05, 3.63) is 46.8 Å². The number of hydrogen-bond acceptors (Lipinski definition) is 4. The molecule has 1 amide bonds. The van der Waals surface area contributed by atoms with Gasteiger partial charge in [-0.25, -0.2) is 4.68 Å². The van der Waals surface area contributed by atoms with Crippen molar-refractivity contribution in [2.45, 2.75) is 53.1 Å². The molecule has 2 aromatic rings. The molecule has 146 valence electrons. The Bertz CT molecular complexity index is 773. The smallest absolute Gasteiger partial charge is 0.276 e. The minimum Gasteiger partial charge on any atom is -0.338 e. The summed E-state index contributed by atoms with van der Waals surface area (Å²) in [4.78, 5) is 16.7. The zero-order valence-corrected chi connectivity index (χ0v) is 17.0. The van der Waals surface area contributed by atoms with Crippen molar-refractivity contribution in [2.24, 2.45) is 0 Å². The van der Waals surface area contributed by atoms with E-state index in [-0.39, 0.29) is 5.91 Å². The second-order valence-corrected chi connectivity index (χ2v) is 7.50. The second-order valence-electron chi connectivity index (χ2n) is 7.50. The molecule has 1 aliphatic heterocycles. The summed E-state index contributed by atoms with van der Waals surface area (Å²) in [5, 5.41) is 8.37. The van der Waals surface area contributed by atoms with E-state index in [2.05, 4.69) is 47.3 Å². The van der Waals surface area contributed by atoms with Crippen LogP contribution in [0.25, 0.3) is 0 Å². The van der Waals surface area contributed by atoms with E-state index in [1.165, 1.54) is 16.7 Å². The Morgan fingerprint density at radius 1 is 1.19 bits per heavy atom. The number of carbonyl (C=O) groups is 1. The number of benzene rings is 1. The summed E-state index contributed by atoms with van der Waals surface area (Å²) in [6.07, 6.45) is 3.89. The van der Waals surface area contributed by atoms with E-state index in [4.69, 9.17) is 0 Å². The van der Waals surface area contributed by atoms with Gasteiger partial charge in [-0.3, -0.25) is 9.69 Å². The van der Waals surface area contributed by atoms with Gasteiger partial charge in [-0.05, 0) is 51.7 Å². The standard InChI is InChI=1S/C21H31N5O/c1-5-25(6-2)21(27)20-15-26(23-22-20)19-9-11-24(12-10-19)14-18-8-7-16(3)13-17(18)4/h7-8,13,15,19H,5-6,9-12,14H2,1-4H3. The third-order valence-corrected chi connectivity index (χ3v) is 5.60. The number of amides is 1. The summed E-state index contributed by atoms with van der Waals surface area (Å²) in [6, 6.07) is 7.02. The van der Waals surface area contributed by atoms with Gasteiger partial charge in [0.05, 0.1) is 12.2 Å². The molecule has 6 nitrogen and oxygen atoms in total. The zero-order valence-electron chi connectivity index (χ0n) is 17.0. The molecule has 1 saturated heterocycles. The quantitative estimate of drug-likeness (QED) is 0.785. The molecule has 0 unspecified atom stereocenters. The third kappa shape index (κ3) is 4.56. The fraction of sp³-hybridized carbons (Fsp3) is 0.571. The third-order valence-electron chi connectivity index (χ3n) is 5.60. The normalized spacial score (nSPS) is 15.9. The van der Waals surface area contributed by atoms with Crippen LogP contribution in [0, 0.1) is 13.8 Å². The minimum absolute atomic E-state index is 0.0291. The van der Waals surface area contributed by atoms with E-state index in [1.807, 2.05) is 24.7 Å². The van der Waals surface area contributed by atoms with Gasteiger partial charge in [0.1, 0.15) is 0 Å². The highest BCUT2D eigenvalue weighted by Gasteiger charge is 2.24. The lowest BCUT2D eigenvalue weighted by Gasteiger charge is -2.32. The van der Waals surface area contributed by atoms with Crippen LogP contribution < -0.4 is 0 Å². The lowest BCUT2D eigenvalue weighted by atomic mass is 10.0. The average molecular weight is 370 g/mol. The van der Waals surface area contributed by atoms with Gasteiger partial charge in [0.2, 0.25) is 0 Å². The molecule has 0 bridgehead atoms. The number of aromatic nitrogens is 3. The summed E-state index contributed by atoms with van der Waals surface area (Å²) >= 11 is 0. The first-order valence-electron chi connectivity index (χ1n) is 10.0. The Labute approximate surface area is 162 Å². The monoisotopic (exact) mass is 369 g/mol. The van der Waals surface area contributed by atoms with Crippen molar-refractivity contribution < 1.29 is 4.79 Å². The van der Waals surface area contributed by atoms with Crippen LogP contribution in [0.1, 0.15) is 59.9 Å². The van der Waals surface area contributed by atoms with Crippen LogP contribution in [0.2, 0.25) is 0 Å². The van der Waals surface area contributed by atoms with Gasteiger partial charge in [-0.2, -0.15) is 0 Å². The van der Waals surface area contributed by atoms with Gasteiger partial charge in [0.15, 0.2) is 5.69 Å². The van der Waals surface area contributed by atoms with E-state index in [0.717, 1.165) is 32.5 Å². The van der Waals surface area contributed by atoms with E-state index in [0.29, 0.717) is 24.8 Å². The molecular weight excluding hydrogens is 338 g/mol. The van der Waals surface area contributed by atoms with Gasteiger partial charge in [-0.1, -0.05) is 29.0 Å². The van der Waals surface area contributed by atoms with Crippen molar-refractivity contribution in [2.75, 3.05) is 26.2 Å². The Morgan fingerprint density at radius 2 is 1.89 bits per heavy atom. The van der Waals surface area contributed by atoms with E-state index >= 15 is 0 Å². The minimum atomic E-state index is -0.0291. The second kappa shape index (κ2) is 8.65. The maximum atomic E-state index is 12.4. The molecule has 0 radical (unpaired) electrons. The van der Waals surface area contributed by atoms with Crippen LogP contribution in [-0.2, 0) is 6.54 Å². The molecule has 1 aromatic carbocycles. The highest BCUT2D eigenvalue weighted by Crippen LogP contribution is 2.24. The predicted molar refractivity (Wildman–Crippen MR) is 107 cm³/mol. The van der Waals surface area contributed by atoms with Gasteiger partial charge in [0.25, 0.3) is 5.91 Å². The Kier molecular flexibility index (Phi) is 6.26. The van der Waals surface area contributed by atoms with Crippen LogP contribution in [0.15, 0.2) is 24.4 Å². The maximum Gasteiger partial charge on any atom is 0.276 e. The molecular formula is C21H31N5O. The topological polar surface area (TPSA) is 54.3 Å². The molecule has 1 aliphatic rings. The zero-order chi connectivity index (χ0) is 19.4. The summed E-state index contributed by atoms with van der Waals surface area (Å²) in [5.74, 6) is -0.0291. The van der Waals surface area contributed by atoms with Crippen molar-refractivity contribution in [3.63, 3.8) is 0 Å². The van der Waals surface area contributed by atoms with E-state index < -0.39 is 0 Å².